The molecular weight excluding hydrogens is 190 g/mol. The third-order valence-electron chi connectivity index (χ3n) is 2.41. The number of hydrogen-bond donors (Lipinski definition) is 2. The van der Waals surface area contributed by atoms with Gasteiger partial charge in [0.25, 0.3) is 0 Å². The van der Waals surface area contributed by atoms with E-state index >= 15 is 0 Å². The highest BCUT2D eigenvalue weighted by Crippen LogP contribution is 2.16. The molecule has 82 valence electrons. The van der Waals surface area contributed by atoms with Crippen molar-refractivity contribution in [1.29, 1.82) is 0 Å². The van der Waals surface area contributed by atoms with E-state index in [-0.39, 0.29) is 6.04 Å². The van der Waals surface area contributed by atoms with Gasteiger partial charge in [-0.1, -0.05) is 24.3 Å². The van der Waals surface area contributed by atoms with Crippen LogP contribution in [0.15, 0.2) is 24.3 Å². The maximum Gasteiger partial charge on any atom is 0.310 e. The first kappa shape index (κ1) is 11.7. The molecule has 0 aromatic heterocycles. The topological polar surface area (TPSA) is 63.3 Å². The van der Waals surface area contributed by atoms with Crippen LogP contribution in [0.1, 0.15) is 30.9 Å². The summed E-state index contributed by atoms with van der Waals surface area (Å²) in [6.45, 7) is 3.64. The van der Waals surface area contributed by atoms with E-state index in [2.05, 4.69) is 0 Å². The van der Waals surface area contributed by atoms with Gasteiger partial charge in [-0.2, -0.15) is 0 Å². The Morgan fingerprint density at radius 1 is 1.33 bits per heavy atom. The Hall–Kier alpha value is -1.35. The largest absolute Gasteiger partial charge is 0.481 e. The van der Waals surface area contributed by atoms with Gasteiger partial charge in [0.05, 0.1) is 5.92 Å². The second-order valence-corrected chi connectivity index (χ2v) is 3.98. The summed E-state index contributed by atoms with van der Waals surface area (Å²) >= 11 is 0. The molecule has 0 bridgehead atoms. The fraction of sp³-hybridized carbons (Fsp3) is 0.417. The minimum atomic E-state index is -0.796. The summed E-state index contributed by atoms with van der Waals surface area (Å²) in [5.41, 5.74) is 7.65. The van der Waals surface area contributed by atoms with Crippen molar-refractivity contribution in [1.82, 2.24) is 0 Å². The first-order valence-corrected chi connectivity index (χ1v) is 5.08. The van der Waals surface area contributed by atoms with Crippen LogP contribution in [0.5, 0.6) is 0 Å². The molecular formula is C12H17NO2. The van der Waals surface area contributed by atoms with Crippen LogP contribution in [0, 0.1) is 0 Å². The molecule has 0 radical (unpaired) electrons. The molecule has 3 nitrogen and oxygen atoms in total. The molecule has 15 heavy (non-hydrogen) atoms. The van der Waals surface area contributed by atoms with Gasteiger partial charge in [-0.25, -0.2) is 0 Å². The number of aliphatic carboxylic acids is 1. The summed E-state index contributed by atoms with van der Waals surface area (Å²) < 4.78 is 0. The Kier molecular flexibility index (Phi) is 3.86. The number of benzene rings is 1. The van der Waals surface area contributed by atoms with Crippen LogP contribution in [0.2, 0.25) is 0 Å². The quantitative estimate of drug-likeness (QED) is 0.790. The SMILES string of the molecule is CC(N)Cc1ccc(C(C)C(=O)O)cc1. The van der Waals surface area contributed by atoms with Gasteiger partial charge < -0.3 is 10.8 Å². The lowest BCUT2D eigenvalue weighted by atomic mass is 9.98. The van der Waals surface area contributed by atoms with E-state index in [1.54, 1.807) is 6.92 Å². The van der Waals surface area contributed by atoms with Gasteiger partial charge in [0, 0.05) is 6.04 Å². The lowest BCUT2D eigenvalue weighted by Gasteiger charge is -2.09. The molecule has 1 aromatic carbocycles. The minimum absolute atomic E-state index is 0.132. The first-order valence-electron chi connectivity index (χ1n) is 5.08. The van der Waals surface area contributed by atoms with Gasteiger partial charge in [-0.15, -0.1) is 0 Å². The van der Waals surface area contributed by atoms with Gasteiger partial charge >= 0.3 is 5.97 Å². The summed E-state index contributed by atoms with van der Waals surface area (Å²) in [6.07, 6.45) is 0.821. The van der Waals surface area contributed by atoms with Gasteiger partial charge in [0.1, 0.15) is 0 Å². The van der Waals surface area contributed by atoms with Crippen molar-refractivity contribution in [2.24, 2.45) is 5.73 Å². The van der Waals surface area contributed by atoms with E-state index in [4.69, 9.17) is 10.8 Å². The number of hydrogen-bond acceptors (Lipinski definition) is 2. The van der Waals surface area contributed by atoms with Crippen molar-refractivity contribution in [3.05, 3.63) is 35.4 Å². The molecule has 0 heterocycles. The molecule has 1 rings (SSSR count). The molecule has 0 amide bonds. The van der Waals surface area contributed by atoms with Crippen LogP contribution in [0.25, 0.3) is 0 Å². The highest BCUT2D eigenvalue weighted by Gasteiger charge is 2.12. The average molecular weight is 207 g/mol. The maximum absolute atomic E-state index is 10.7. The third kappa shape index (κ3) is 3.36. The summed E-state index contributed by atoms with van der Waals surface area (Å²) in [5, 5.41) is 8.83. The van der Waals surface area contributed by atoms with Gasteiger partial charge in [-0.05, 0) is 31.4 Å². The molecule has 3 heteroatoms. The van der Waals surface area contributed by atoms with E-state index in [1.165, 1.54) is 0 Å². The van der Waals surface area contributed by atoms with Crippen LogP contribution in [0.4, 0.5) is 0 Å². The molecule has 0 saturated heterocycles. The maximum atomic E-state index is 10.7. The highest BCUT2D eigenvalue weighted by molar-refractivity contribution is 5.75. The summed E-state index contributed by atoms with van der Waals surface area (Å²) in [6, 6.07) is 7.73. The number of carboxylic acids is 1. The molecule has 0 aliphatic carbocycles. The van der Waals surface area contributed by atoms with Gasteiger partial charge in [0.15, 0.2) is 0 Å². The zero-order valence-corrected chi connectivity index (χ0v) is 9.10. The Morgan fingerprint density at radius 2 is 1.87 bits per heavy atom. The fourth-order valence-electron chi connectivity index (χ4n) is 1.46. The lowest BCUT2D eigenvalue weighted by Crippen LogP contribution is -2.17. The number of carbonyl (C=O) groups is 1. The average Bonchev–Trinajstić information content (AvgIpc) is 2.17. The lowest BCUT2D eigenvalue weighted by molar-refractivity contribution is -0.138. The van der Waals surface area contributed by atoms with Gasteiger partial charge in [-0.3, -0.25) is 4.79 Å². The summed E-state index contributed by atoms with van der Waals surface area (Å²) in [4.78, 5) is 10.7. The number of nitrogens with two attached hydrogens (primary N) is 1. The molecule has 0 aliphatic heterocycles. The van der Waals surface area contributed by atoms with E-state index in [1.807, 2.05) is 31.2 Å². The predicted octanol–water partition coefficient (Wildman–Crippen LogP) is 1.76. The Morgan fingerprint density at radius 3 is 2.27 bits per heavy atom. The molecule has 1 aromatic rings. The van der Waals surface area contributed by atoms with Crippen LogP contribution in [-0.2, 0) is 11.2 Å². The smallest absolute Gasteiger partial charge is 0.310 e. The van der Waals surface area contributed by atoms with Crippen LogP contribution in [0.3, 0.4) is 0 Å². The monoisotopic (exact) mass is 207 g/mol. The fourth-order valence-corrected chi connectivity index (χ4v) is 1.46. The molecule has 3 N–H and O–H groups in total. The van der Waals surface area contributed by atoms with Crippen LogP contribution < -0.4 is 5.73 Å². The second-order valence-electron chi connectivity index (χ2n) is 3.98. The second kappa shape index (κ2) is 4.94. The molecule has 2 unspecified atom stereocenters. The van der Waals surface area contributed by atoms with Crippen molar-refractivity contribution in [3.63, 3.8) is 0 Å². The number of carboxylic acid groups (broad SMARTS) is 1. The zero-order chi connectivity index (χ0) is 11.4. The van der Waals surface area contributed by atoms with Crippen molar-refractivity contribution in [2.45, 2.75) is 32.2 Å². The Balaban J connectivity index is 2.76. The summed E-state index contributed by atoms with van der Waals surface area (Å²) in [7, 11) is 0. The normalized spacial score (nSPS) is 14.6. The molecule has 0 saturated carbocycles. The molecule has 0 aliphatic rings. The van der Waals surface area contributed by atoms with E-state index in [0.717, 1.165) is 17.5 Å². The standard InChI is InChI=1S/C12H17NO2/c1-8(13)7-10-3-5-11(6-4-10)9(2)12(14)15/h3-6,8-9H,7,13H2,1-2H3,(H,14,15). The molecule has 0 fully saturated rings. The third-order valence-corrected chi connectivity index (χ3v) is 2.41. The predicted molar refractivity (Wildman–Crippen MR) is 59.8 cm³/mol. The van der Waals surface area contributed by atoms with Crippen LogP contribution >= 0.6 is 0 Å². The molecule has 0 spiro atoms. The van der Waals surface area contributed by atoms with Crippen molar-refractivity contribution < 1.29 is 9.90 Å². The first-order chi connectivity index (χ1) is 7.00. The van der Waals surface area contributed by atoms with E-state index < -0.39 is 11.9 Å². The Labute approximate surface area is 89.9 Å². The van der Waals surface area contributed by atoms with E-state index in [0.29, 0.717) is 0 Å². The van der Waals surface area contributed by atoms with Crippen molar-refractivity contribution in [2.75, 3.05) is 0 Å². The highest BCUT2D eigenvalue weighted by atomic mass is 16.4. The minimum Gasteiger partial charge on any atom is -0.481 e. The Bertz CT molecular complexity index is 330. The zero-order valence-electron chi connectivity index (χ0n) is 9.10. The van der Waals surface area contributed by atoms with E-state index in [9.17, 15) is 4.79 Å². The van der Waals surface area contributed by atoms with Gasteiger partial charge in [0.2, 0.25) is 0 Å². The molecule has 2 atom stereocenters. The van der Waals surface area contributed by atoms with Crippen molar-refractivity contribution >= 4 is 5.97 Å². The summed E-state index contributed by atoms with van der Waals surface area (Å²) in [5.74, 6) is -1.25. The number of rotatable bonds is 4. The van der Waals surface area contributed by atoms with Crippen molar-refractivity contribution in [3.8, 4) is 0 Å². The van der Waals surface area contributed by atoms with Crippen LogP contribution in [-0.4, -0.2) is 17.1 Å².